The lowest BCUT2D eigenvalue weighted by atomic mass is 10.0. The molecule has 0 radical (unpaired) electrons. The first-order chi connectivity index (χ1) is 9.60. The van der Waals surface area contributed by atoms with Gasteiger partial charge in [0.2, 0.25) is 0 Å². The smallest absolute Gasteiger partial charge is 0.175 e. The van der Waals surface area contributed by atoms with Gasteiger partial charge in [-0.05, 0) is 25.2 Å². The number of carbonyl (C=O) groups is 1. The van der Waals surface area contributed by atoms with Crippen LogP contribution < -0.4 is 0 Å². The minimum Gasteiger partial charge on any atom is -0.293 e. The van der Waals surface area contributed by atoms with Gasteiger partial charge in [0.1, 0.15) is 0 Å². The third kappa shape index (κ3) is 4.07. The highest BCUT2D eigenvalue weighted by atomic mass is 32.2. The lowest BCUT2D eigenvalue weighted by Crippen LogP contribution is -2.04. The van der Waals surface area contributed by atoms with Crippen molar-refractivity contribution in [3.8, 4) is 0 Å². The normalized spacial score (nSPS) is 10.8. The molecule has 0 N–H and O–H groups in total. The van der Waals surface area contributed by atoms with E-state index in [1.54, 1.807) is 23.1 Å². The van der Waals surface area contributed by atoms with Crippen LogP contribution >= 0.6 is 34.9 Å². The van der Waals surface area contributed by atoms with E-state index in [0.29, 0.717) is 5.75 Å². The molecule has 106 valence electrons. The highest BCUT2D eigenvalue weighted by molar-refractivity contribution is 8.03. The Bertz CT molecular complexity index is 610. The molecule has 0 atom stereocenters. The number of benzene rings is 1. The minimum atomic E-state index is 0.146. The van der Waals surface area contributed by atoms with Crippen molar-refractivity contribution in [3.63, 3.8) is 0 Å². The van der Waals surface area contributed by atoms with Crippen LogP contribution in [0.25, 0.3) is 0 Å². The molecule has 3 nitrogen and oxygen atoms in total. The van der Waals surface area contributed by atoms with Crippen molar-refractivity contribution in [2.45, 2.75) is 29.5 Å². The van der Waals surface area contributed by atoms with Gasteiger partial charge in [-0.3, -0.25) is 4.79 Å². The Hall–Kier alpha value is -0.850. The van der Waals surface area contributed by atoms with Gasteiger partial charge in [-0.2, -0.15) is 0 Å². The molecule has 1 aromatic heterocycles. The number of rotatable bonds is 6. The molecule has 2 rings (SSSR count). The average Bonchev–Trinajstić information content (AvgIpc) is 2.84. The van der Waals surface area contributed by atoms with Gasteiger partial charge >= 0.3 is 0 Å². The summed E-state index contributed by atoms with van der Waals surface area (Å²) in [5.74, 6) is 1.54. The summed E-state index contributed by atoms with van der Waals surface area (Å²) in [6, 6.07) is 5.93. The molecule has 0 amide bonds. The van der Waals surface area contributed by atoms with Crippen LogP contribution in [0.3, 0.4) is 0 Å². The molecule has 0 aliphatic carbocycles. The van der Waals surface area contributed by atoms with Gasteiger partial charge in [-0.1, -0.05) is 65.5 Å². The summed E-state index contributed by atoms with van der Waals surface area (Å²) in [5.41, 5.74) is 3.02. The van der Waals surface area contributed by atoms with Crippen LogP contribution in [0.2, 0.25) is 0 Å². The van der Waals surface area contributed by atoms with Crippen molar-refractivity contribution in [2.75, 3.05) is 11.5 Å². The monoisotopic (exact) mass is 324 g/mol. The highest BCUT2D eigenvalue weighted by Crippen LogP contribution is 2.29. The Labute approximate surface area is 131 Å². The summed E-state index contributed by atoms with van der Waals surface area (Å²) in [6.07, 6.45) is 0. The van der Waals surface area contributed by atoms with E-state index >= 15 is 0 Å². The van der Waals surface area contributed by atoms with Crippen LogP contribution in [0.5, 0.6) is 0 Å². The Morgan fingerprint density at radius 3 is 2.55 bits per heavy atom. The van der Waals surface area contributed by atoms with Gasteiger partial charge in [0, 0.05) is 5.56 Å². The summed E-state index contributed by atoms with van der Waals surface area (Å²) >= 11 is 4.70. The van der Waals surface area contributed by atoms with Gasteiger partial charge in [-0.15, -0.1) is 10.2 Å². The number of carbonyl (C=O) groups excluding carboxylic acids is 1. The standard InChI is InChI=1S/C14H16N2OS3/c1-4-18-13-15-16-14(20-13)19-8-12(17)11-6-5-9(2)7-10(11)3/h5-7H,4,8H2,1-3H3. The molecule has 0 unspecified atom stereocenters. The van der Waals surface area contributed by atoms with Crippen molar-refractivity contribution in [3.05, 3.63) is 34.9 Å². The maximum absolute atomic E-state index is 12.2. The van der Waals surface area contributed by atoms with Crippen LogP contribution in [0.15, 0.2) is 26.9 Å². The molecule has 20 heavy (non-hydrogen) atoms. The van der Waals surface area contributed by atoms with Crippen LogP contribution in [0.4, 0.5) is 0 Å². The SMILES string of the molecule is CCSc1nnc(SCC(=O)c2ccc(C)cc2C)s1. The lowest BCUT2D eigenvalue weighted by molar-refractivity contribution is 0.102. The fourth-order valence-electron chi connectivity index (χ4n) is 1.77. The molecule has 0 saturated carbocycles. The molecule has 0 saturated heterocycles. The van der Waals surface area contributed by atoms with Crippen molar-refractivity contribution < 1.29 is 4.79 Å². The predicted octanol–water partition coefficient (Wildman–Crippen LogP) is 4.24. The number of aromatic nitrogens is 2. The van der Waals surface area contributed by atoms with Crippen molar-refractivity contribution in [2.24, 2.45) is 0 Å². The first-order valence-corrected chi connectivity index (χ1v) is 9.08. The quantitative estimate of drug-likeness (QED) is 0.587. The maximum atomic E-state index is 12.2. The summed E-state index contributed by atoms with van der Waals surface area (Å²) in [7, 11) is 0. The summed E-state index contributed by atoms with van der Waals surface area (Å²) in [5, 5.41) is 8.18. The lowest BCUT2D eigenvalue weighted by Gasteiger charge is -2.04. The molecule has 0 aliphatic heterocycles. The molecule has 0 fully saturated rings. The van der Waals surface area contributed by atoms with Crippen LogP contribution in [-0.4, -0.2) is 27.5 Å². The van der Waals surface area contributed by atoms with Gasteiger partial charge < -0.3 is 0 Å². The number of ketones is 1. The molecule has 0 bridgehead atoms. The first kappa shape index (κ1) is 15.5. The zero-order valence-electron chi connectivity index (χ0n) is 11.7. The van der Waals surface area contributed by atoms with E-state index in [-0.39, 0.29) is 5.78 Å². The largest absolute Gasteiger partial charge is 0.293 e. The Morgan fingerprint density at radius 1 is 1.20 bits per heavy atom. The average molecular weight is 324 g/mol. The fraction of sp³-hybridized carbons (Fsp3) is 0.357. The minimum absolute atomic E-state index is 0.146. The first-order valence-electron chi connectivity index (χ1n) is 6.29. The van der Waals surface area contributed by atoms with Gasteiger partial charge in [0.05, 0.1) is 5.75 Å². The van der Waals surface area contributed by atoms with E-state index in [2.05, 4.69) is 17.1 Å². The van der Waals surface area contributed by atoms with Crippen LogP contribution in [-0.2, 0) is 0 Å². The van der Waals surface area contributed by atoms with Gasteiger partial charge in [-0.25, -0.2) is 0 Å². The summed E-state index contributed by atoms with van der Waals surface area (Å²) in [4.78, 5) is 12.2. The maximum Gasteiger partial charge on any atom is 0.175 e. The van der Waals surface area contributed by atoms with Gasteiger partial charge in [0.15, 0.2) is 14.5 Å². The number of Topliss-reactive ketones (excluding diaryl/α,β-unsaturated/α-hetero) is 1. The second-order valence-electron chi connectivity index (χ2n) is 4.30. The molecular weight excluding hydrogens is 308 g/mol. The van der Waals surface area contributed by atoms with E-state index < -0.39 is 0 Å². The third-order valence-electron chi connectivity index (χ3n) is 2.66. The Morgan fingerprint density at radius 2 is 1.90 bits per heavy atom. The molecular formula is C14H16N2OS3. The fourth-order valence-corrected chi connectivity index (χ4v) is 4.57. The number of nitrogens with zero attached hydrogens (tertiary/aromatic N) is 2. The van der Waals surface area contributed by atoms with E-state index in [1.807, 2.05) is 32.0 Å². The molecule has 2 aromatic rings. The van der Waals surface area contributed by atoms with E-state index in [4.69, 9.17) is 0 Å². The molecule has 1 aromatic carbocycles. The van der Waals surface area contributed by atoms with Crippen molar-refractivity contribution >= 4 is 40.6 Å². The molecule has 1 heterocycles. The van der Waals surface area contributed by atoms with Crippen molar-refractivity contribution in [1.82, 2.24) is 10.2 Å². The second kappa shape index (κ2) is 7.24. The number of thioether (sulfide) groups is 2. The van der Waals surface area contributed by atoms with Gasteiger partial charge in [0.25, 0.3) is 0 Å². The van der Waals surface area contributed by atoms with Crippen LogP contribution in [0, 0.1) is 13.8 Å². The van der Waals surface area contributed by atoms with E-state index in [0.717, 1.165) is 25.6 Å². The predicted molar refractivity (Wildman–Crippen MR) is 87.3 cm³/mol. The molecule has 0 spiro atoms. The van der Waals surface area contributed by atoms with Crippen molar-refractivity contribution in [1.29, 1.82) is 0 Å². The summed E-state index contributed by atoms with van der Waals surface area (Å²) in [6.45, 7) is 6.10. The summed E-state index contributed by atoms with van der Waals surface area (Å²) < 4.78 is 1.83. The third-order valence-corrected chi connectivity index (χ3v) is 5.74. The molecule has 0 aliphatic rings. The zero-order chi connectivity index (χ0) is 14.5. The Kier molecular flexibility index (Phi) is 5.63. The van der Waals surface area contributed by atoms with E-state index in [1.165, 1.54) is 17.3 Å². The number of hydrogen-bond acceptors (Lipinski definition) is 6. The number of aryl methyl sites for hydroxylation is 2. The van der Waals surface area contributed by atoms with E-state index in [9.17, 15) is 4.79 Å². The highest BCUT2D eigenvalue weighted by Gasteiger charge is 2.12. The van der Waals surface area contributed by atoms with Crippen LogP contribution in [0.1, 0.15) is 28.4 Å². The zero-order valence-corrected chi connectivity index (χ0v) is 14.1. The topological polar surface area (TPSA) is 42.9 Å². The Balaban J connectivity index is 1.97. The molecule has 6 heteroatoms. The number of hydrogen-bond donors (Lipinski definition) is 0. The second-order valence-corrected chi connectivity index (χ2v) is 8.01.